The van der Waals surface area contributed by atoms with Crippen LogP contribution >= 0.6 is 0 Å². The summed E-state index contributed by atoms with van der Waals surface area (Å²) in [5, 5.41) is 0. The van der Waals surface area contributed by atoms with E-state index in [9.17, 15) is 8.42 Å². The normalized spacial score (nSPS) is 11.7. The Morgan fingerprint density at radius 2 is 1.71 bits per heavy atom. The smallest absolute Gasteiger partial charge is 0.240 e. The average Bonchev–Trinajstić information content (AvgIpc) is 2.55. The van der Waals surface area contributed by atoms with Crippen LogP contribution in [0.4, 0.5) is 0 Å². The molecule has 0 saturated heterocycles. The number of hydrogen-bond donors (Lipinski definition) is 1. The minimum atomic E-state index is -3.49. The maximum atomic E-state index is 12.4. The van der Waals surface area contributed by atoms with E-state index in [4.69, 9.17) is 4.74 Å². The van der Waals surface area contributed by atoms with Gasteiger partial charge in [-0.1, -0.05) is 44.2 Å². The number of hydrogen-bond acceptors (Lipinski definition) is 3. The lowest BCUT2D eigenvalue weighted by Gasteiger charge is -2.10. The van der Waals surface area contributed by atoms with Crippen LogP contribution in [0.1, 0.15) is 25.0 Å². The van der Waals surface area contributed by atoms with Crippen molar-refractivity contribution in [3.05, 3.63) is 59.7 Å². The molecule has 0 saturated carbocycles. The van der Waals surface area contributed by atoms with Crippen LogP contribution in [0.5, 0.6) is 5.75 Å². The summed E-state index contributed by atoms with van der Waals surface area (Å²) in [6.07, 6.45) is 1.52. The largest absolute Gasteiger partial charge is 0.496 e. The third kappa shape index (κ3) is 5.08. The van der Waals surface area contributed by atoms with E-state index in [-0.39, 0.29) is 0 Å². The number of para-hydroxylation sites is 1. The highest BCUT2D eigenvalue weighted by Gasteiger charge is 2.14. The number of nitrogens with one attached hydrogen (secondary N) is 1. The Kier molecular flexibility index (Phi) is 6.40. The third-order valence-corrected chi connectivity index (χ3v) is 5.23. The van der Waals surface area contributed by atoms with Gasteiger partial charge in [-0.2, -0.15) is 0 Å². The topological polar surface area (TPSA) is 55.4 Å². The zero-order valence-corrected chi connectivity index (χ0v) is 15.3. The third-order valence-electron chi connectivity index (χ3n) is 3.76. The quantitative estimate of drug-likeness (QED) is 0.796. The highest BCUT2D eigenvalue weighted by atomic mass is 32.2. The molecule has 0 aliphatic rings. The lowest BCUT2D eigenvalue weighted by Crippen LogP contribution is -2.26. The summed E-state index contributed by atoms with van der Waals surface area (Å²) in [4.78, 5) is 0.301. The van der Waals surface area contributed by atoms with E-state index < -0.39 is 10.0 Å². The molecular formula is C19H25NO3S. The standard InChI is InChI=1S/C19H25NO3S/c1-15(2)14-16-8-10-18(11-9-16)24(21,22)20-13-12-17-6-4-5-7-19(17)23-3/h4-11,15,20H,12-14H2,1-3H3. The summed E-state index contributed by atoms with van der Waals surface area (Å²) < 4.78 is 32.7. The predicted octanol–water partition coefficient (Wildman–Crippen LogP) is 3.41. The van der Waals surface area contributed by atoms with Crippen LogP contribution < -0.4 is 9.46 Å². The van der Waals surface area contributed by atoms with Gasteiger partial charge in [-0.15, -0.1) is 0 Å². The van der Waals surface area contributed by atoms with Crippen molar-refractivity contribution in [3.63, 3.8) is 0 Å². The van der Waals surface area contributed by atoms with Crippen molar-refractivity contribution in [2.75, 3.05) is 13.7 Å². The lowest BCUT2D eigenvalue weighted by atomic mass is 10.0. The lowest BCUT2D eigenvalue weighted by molar-refractivity contribution is 0.409. The van der Waals surface area contributed by atoms with Crippen molar-refractivity contribution >= 4 is 10.0 Å². The van der Waals surface area contributed by atoms with Crippen LogP contribution in [0.2, 0.25) is 0 Å². The first-order valence-corrected chi connectivity index (χ1v) is 9.61. The van der Waals surface area contributed by atoms with E-state index in [1.165, 1.54) is 0 Å². The van der Waals surface area contributed by atoms with E-state index in [1.54, 1.807) is 19.2 Å². The molecule has 0 aliphatic carbocycles. The average molecular weight is 347 g/mol. The van der Waals surface area contributed by atoms with Gasteiger partial charge in [-0.3, -0.25) is 0 Å². The van der Waals surface area contributed by atoms with Gasteiger partial charge in [0.05, 0.1) is 12.0 Å². The van der Waals surface area contributed by atoms with Gasteiger partial charge in [0.25, 0.3) is 0 Å². The van der Waals surface area contributed by atoms with E-state index in [0.29, 0.717) is 23.8 Å². The monoisotopic (exact) mass is 347 g/mol. The maximum Gasteiger partial charge on any atom is 0.240 e. The summed E-state index contributed by atoms with van der Waals surface area (Å²) in [6.45, 7) is 4.62. The maximum absolute atomic E-state index is 12.4. The van der Waals surface area contributed by atoms with Crippen molar-refractivity contribution < 1.29 is 13.2 Å². The second-order valence-electron chi connectivity index (χ2n) is 6.20. The van der Waals surface area contributed by atoms with Crippen LogP contribution in [-0.2, 0) is 22.9 Å². The fraction of sp³-hybridized carbons (Fsp3) is 0.368. The molecule has 0 bridgehead atoms. The van der Waals surface area contributed by atoms with Crippen LogP contribution in [-0.4, -0.2) is 22.1 Å². The van der Waals surface area contributed by atoms with Crippen LogP contribution in [0.3, 0.4) is 0 Å². The molecule has 0 atom stereocenters. The van der Waals surface area contributed by atoms with Gasteiger partial charge >= 0.3 is 0 Å². The summed E-state index contributed by atoms with van der Waals surface area (Å²) >= 11 is 0. The summed E-state index contributed by atoms with van der Waals surface area (Å²) in [5.74, 6) is 1.32. The number of sulfonamides is 1. The highest BCUT2D eigenvalue weighted by Crippen LogP contribution is 2.18. The van der Waals surface area contributed by atoms with E-state index in [1.807, 2.05) is 36.4 Å². The fourth-order valence-corrected chi connectivity index (χ4v) is 3.62. The van der Waals surface area contributed by atoms with Crippen LogP contribution in [0.25, 0.3) is 0 Å². The Balaban J connectivity index is 1.98. The number of ether oxygens (including phenoxy) is 1. The van der Waals surface area contributed by atoms with Gasteiger partial charge in [0.2, 0.25) is 10.0 Å². The van der Waals surface area contributed by atoms with Gasteiger partial charge < -0.3 is 4.74 Å². The van der Waals surface area contributed by atoms with Gasteiger partial charge in [-0.25, -0.2) is 13.1 Å². The SMILES string of the molecule is COc1ccccc1CCNS(=O)(=O)c1ccc(CC(C)C)cc1. The molecule has 1 N–H and O–H groups in total. The van der Waals surface area contributed by atoms with Crippen molar-refractivity contribution in [2.24, 2.45) is 5.92 Å². The van der Waals surface area contributed by atoms with E-state index >= 15 is 0 Å². The Hall–Kier alpha value is -1.85. The minimum absolute atomic E-state index is 0.301. The second kappa shape index (κ2) is 8.31. The second-order valence-corrected chi connectivity index (χ2v) is 7.97. The Bertz CT molecular complexity index is 752. The highest BCUT2D eigenvalue weighted by molar-refractivity contribution is 7.89. The van der Waals surface area contributed by atoms with Crippen LogP contribution in [0.15, 0.2) is 53.4 Å². The van der Waals surface area contributed by atoms with Gasteiger partial charge in [0.15, 0.2) is 0 Å². The summed E-state index contributed by atoms with van der Waals surface area (Å²) in [6, 6.07) is 14.7. The Labute approximate surface area is 144 Å². The minimum Gasteiger partial charge on any atom is -0.496 e. The van der Waals surface area contributed by atoms with Crippen molar-refractivity contribution in [2.45, 2.75) is 31.6 Å². The Morgan fingerprint density at radius 3 is 2.33 bits per heavy atom. The molecule has 24 heavy (non-hydrogen) atoms. The molecule has 2 aromatic rings. The molecule has 2 rings (SSSR count). The van der Waals surface area contributed by atoms with Crippen molar-refractivity contribution in [1.29, 1.82) is 0 Å². The van der Waals surface area contributed by atoms with Crippen molar-refractivity contribution in [1.82, 2.24) is 4.72 Å². The molecule has 2 aromatic carbocycles. The van der Waals surface area contributed by atoms with E-state index in [2.05, 4.69) is 18.6 Å². The van der Waals surface area contributed by atoms with Gasteiger partial charge in [0, 0.05) is 6.54 Å². The molecule has 130 valence electrons. The van der Waals surface area contributed by atoms with Gasteiger partial charge in [0.1, 0.15) is 5.75 Å². The molecule has 0 aliphatic heterocycles. The first-order chi connectivity index (χ1) is 11.4. The molecule has 5 heteroatoms. The predicted molar refractivity (Wildman–Crippen MR) is 96.9 cm³/mol. The molecule has 0 spiro atoms. The molecule has 4 nitrogen and oxygen atoms in total. The van der Waals surface area contributed by atoms with Crippen LogP contribution in [0, 0.1) is 5.92 Å². The number of methoxy groups -OCH3 is 1. The molecular weight excluding hydrogens is 322 g/mol. The number of rotatable bonds is 8. The molecule has 0 unspecified atom stereocenters. The first kappa shape index (κ1) is 18.5. The zero-order valence-electron chi connectivity index (χ0n) is 14.5. The summed E-state index contributed by atoms with van der Waals surface area (Å²) in [7, 11) is -1.87. The zero-order chi connectivity index (χ0) is 17.6. The molecule has 0 aromatic heterocycles. The molecule has 0 amide bonds. The summed E-state index contributed by atoms with van der Waals surface area (Å²) in [5.41, 5.74) is 2.13. The molecule has 0 heterocycles. The Morgan fingerprint density at radius 1 is 1.04 bits per heavy atom. The van der Waals surface area contributed by atoms with Gasteiger partial charge in [-0.05, 0) is 48.1 Å². The molecule has 0 radical (unpaired) electrons. The molecule has 0 fully saturated rings. The van der Waals surface area contributed by atoms with E-state index in [0.717, 1.165) is 23.3 Å². The number of benzene rings is 2. The van der Waals surface area contributed by atoms with Crippen molar-refractivity contribution in [3.8, 4) is 5.75 Å². The first-order valence-electron chi connectivity index (χ1n) is 8.13. The fourth-order valence-electron chi connectivity index (χ4n) is 2.59.